The first kappa shape index (κ1) is 15.7. The zero-order valence-corrected chi connectivity index (χ0v) is 11.6. The number of pyridine rings is 1. The number of amides is 1. The van der Waals surface area contributed by atoms with Crippen LogP contribution in [0.5, 0.6) is 0 Å². The molecule has 0 spiro atoms. The van der Waals surface area contributed by atoms with Crippen LogP contribution >= 0.6 is 0 Å². The zero-order valence-electron chi connectivity index (χ0n) is 11.6. The second kappa shape index (κ2) is 6.40. The minimum absolute atomic E-state index is 0.156. The summed E-state index contributed by atoms with van der Waals surface area (Å²) in [6.45, 7) is 2.45. The smallest absolute Gasteiger partial charge is 0.335 e. The Morgan fingerprint density at radius 2 is 2.05 bits per heavy atom. The molecule has 1 saturated heterocycles. The second-order valence-corrected chi connectivity index (χ2v) is 4.82. The Labute approximate surface area is 120 Å². The third kappa shape index (κ3) is 3.92. The molecule has 2 rings (SSSR count). The predicted molar refractivity (Wildman–Crippen MR) is 70.8 cm³/mol. The average molecular weight is 302 g/mol. The van der Waals surface area contributed by atoms with E-state index < -0.39 is 17.8 Å². The Morgan fingerprint density at radius 1 is 1.38 bits per heavy atom. The molecule has 1 fully saturated rings. The standard InChI is InChI=1S/C13H17F3N4O/c1-17-8-9-6-10(19-11(7-9)13(14,15)16)12(21)20-4-2-18-3-5-20/h6-7,17-18H,2-5,8H2,1H3. The van der Waals surface area contributed by atoms with Crippen molar-refractivity contribution < 1.29 is 18.0 Å². The van der Waals surface area contributed by atoms with Crippen molar-refractivity contribution in [2.24, 2.45) is 0 Å². The monoisotopic (exact) mass is 302 g/mol. The number of alkyl halides is 3. The lowest BCUT2D eigenvalue weighted by Crippen LogP contribution is -2.46. The van der Waals surface area contributed by atoms with Crippen molar-refractivity contribution in [3.8, 4) is 0 Å². The SMILES string of the molecule is CNCc1cc(C(=O)N2CCNCC2)nc(C(F)(F)F)c1. The lowest BCUT2D eigenvalue weighted by Gasteiger charge is -2.27. The summed E-state index contributed by atoms with van der Waals surface area (Å²) in [5, 5.41) is 5.86. The number of nitrogens with one attached hydrogen (secondary N) is 2. The van der Waals surface area contributed by atoms with E-state index in [1.165, 1.54) is 11.0 Å². The second-order valence-electron chi connectivity index (χ2n) is 4.82. The molecule has 0 atom stereocenters. The van der Waals surface area contributed by atoms with E-state index in [4.69, 9.17) is 0 Å². The van der Waals surface area contributed by atoms with Crippen LogP contribution in [0, 0.1) is 0 Å². The minimum atomic E-state index is -4.57. The van der Waals surface area contributed by atoms with Gasteiger partial charge < -0.3 is 15.5 Å². The first-order valence-corrected chi connectivity index (χ1v) is 6.64. The van der Waals surface area contributed by atoms with Gasteiger partial charge >= 0.3 is 6.18 Å². The number of halogens is 3. The number of hydrogen-bond acceptors (Lipinski definition) is 4. The van der Waals surface area contributed by atoms with E-state index >= 15 is 0 Å². The summed E-state index contributed by atoms with van der Waals surface area (Å²) in [4.78, 5) is 17.3. The Balaban J connectivity index is 2.32. The van der Waals surface area contributed by atoms with Crippen LogP contribution in [0.25, 0.3) is 0 Å². The molecular weight excluding hydrogens is 285 g/mol. The molecule has 5 nitrogen and oxygen atoms in total. The first-order chi connectivity index (χ1) is 9.91. The Kier molecular flexibility index (Phi) is 4.79. The quantitative estimate of drug-likeness (QED) is 0.870. The van der Waals surface area contributed by atoms with E-state index in [2.05, 4.69) is 15.6 Å². The third-order valence-electron chi connectivity index (χ3n) is 3.18. The fourth-order valence-electron chi connectivity index (χ4n) is 2.18. The van der Waals surface area contributed by atoms with Crippen molar-refractivity contribution in [3.05, 3.63) is 29.1 Å². The van der Waals surface area contributed by atoms with Gasteiger partial charge in [-0.1, -0.05) is 0 Å². The third-order valence-corrected chi connectivity index (χ3v) is 3.18. The largest absolute Gasteiger partial charge is 0.433 e. The van der Waals surface area contributed by atoms with Crippen molar-refractivity contribution in [1.29, 1.82) is 0 Å². The van der Waals surface area contributed by atoms with Crippen molar-refractivity contribution in [1.82, 2.24) is 20.5 Å². The maximum Gasteiger partial charge on any atom is 0.433 e. The number of nitrogens with zero attached hydrogens (tertiary/aromatic N) is 2. The topological polar surface area (TPSA) is 57.3 Å². The van der Waals surface area contributed by atoms with Gasteiger partial charge in [0.1, 0.15) is 11.4 Å². The Morgan fingerprint density at radius 3 is 2.62 bits per heavy atom. The number of rotatable bonds is 3. The van der Waals surface area contributed by atoms with Crippen molar-refractivity contribution in [2.75, 3.05) is 33.2 Å². The van der Waals surface area contributed by atoms with Crippen LogP contribution < -0.4 is 10.6 Å². The summed E-state index contributed by atoms with van der Waals surface area (Å²) in [7, 11) is 1.63. The molecule has 8 heteroatoms. The van der Waals surface area contributed by atoms with Gasteiger partial charge in [0.05, 0.1) is 0 Å². The zero-order chi connectivity index (χ0) is 15.5. The number of aromatic nitrogens is 1. The van der Waals surface area contributed by atoms with Crippen molar-refractivity contribution in [3.63, 3.8) is 0 Å². The predicted octanol–water partition coefficient (Wildman–Crippen LogP) is 0.865. The molecule has 21 heavy (non-hydrogen) atoms. The molecule has 2 heterocycles. The molecule has 116 valence electrons. The molecule has 0 aliphatic carbocycles. The molecule has 0 radical (unpaired) electrons. The Bertz CT molecular complexity index is 513. The van der Waals surface area contributed by atoms with E-state index in [0.717, 1.165) is 6.07 Å². The van der Waals surface area contributed by atoms with E-state index in [0.29, 0.717) is 31.7 Å². The molecule has 0 aromatic carbocycles. The highest BCUT2D eigenvalue weighted by atomic mass is 19.4. The maximum absolute atomic E-state index is 12.9. The van der Waals surface area contributed by atoms with Gasteiger partial charge in [0.25, 0.3) is 5.91 Å². The van der Waals surface area contributed by atoms with Gasteiger partial charge in [-0.25, -0.2) is 4.98 Å². The van der Waals surface area contributed by atoms with E-state index in [-0.39, 0.29) is 12.2 Å². The van der Waals surface area contributed by atoms with E-state index in [9.17, 15) is 18.0 Å². The molecule has 0 unspecified atom stereocenters. The van der Waals surface area contributed by atoms with Gasteiger partial charge in [0.2, 0.25) is 0 Å². The van der Waals surface area contributed by atoms with Crippen LogP contribution in [0.15, 0.2) is 12.1 Å². The van der Waals surface area contributed by atoms with Crippen LogP contribution in [-0.2, 0) is 12.7 Å². The van der Waals surface area contributed by atoms with E-state index in [1.807, 2.05) is 0 Å². The number of hydrogen-bond donors (Lipinski definition) is 2. The highest BCUT2D eigenvalue weighted by Gasteiger charge is 2.34. The first-order valence-electron chi connectivity index (χ1n) is 6.64. The van der Waals surface area contributed by atoms with Gasteiger partial charge in [-0.15, -0.1) is 0 Å². The van der Waals surface area contributed by atoms with Crippen LogP contribution in [0.3, 0.4) is 0 Å². The summed E-state index contributed by atoms with van der Waals surface area (Å²) in [5.41, 5.74) is -0.802. The molecule has 1 aromatic rings. The summed E-state index contributed by atoms with van der Waals surface area (Å²) < 4.78 is 38.6. The molecule has 0 saturated carbocycles. The average Bonchev–Trinajstić information content (AvgIpc) is 2.46. The van der Waals surface area contributed by atoms with Gasteiger partial charge in [-0.2, -0.15) is 13.2 Å². The minimum Gasteiger partial charge on any atom is -0.335 e. The summed E-state index contributed by atoms with van der Waals surface area (Å²) in [5.74, 6) is -0.458. The molecule has 1 aliphatic heterocycles. The molecule has 2 N–H and O–H groups in total. The fraction of sp³-hybridized carbons (Fsp3) is 0.538. The fourth-order valence-corrected chi connectivity index (χ4v) is 2.18. The molecule has 1 aromatic heterocycles. The van der Waals surface area contributed by atoms with Crippen LogP contribution in [-0.4, -0.2) is 49.0 Å². The van der Waals surface area contributed by atoms with E-state index in [1.54, 1.807) is 7.05 Å². The van der Waals surface area contributed by atoms with Crippen LogP contribution in [0.4, 0.5) is 13.2 Å². The van der Waals surface area contributed by atoms with Gasteiger partial charge in [-0.3, -0.25) is 4.79 Å². The molecular formula is C13H17F3N4O. The number of piperazine rings is 1. The summed E-state index contributed by atoms with van der Waals surface area (Å²) in [6.07, 6.45) is -4.57. The summed E-state index contributed by atoms with van der Waals surface area (Å²) in [6, 6.07) is 2.38. The number of carbonyl (C=O) groups is 1. The van der Waals surface area contributed by atoms with Crippen molar-refractivity contribution >= 4 is 5.91 Å². The lowest BCUT2D eigenvalue weighted by atomic mass is 10.1. The lowest BCUT2D eigenvalue weighted by molar-refractivity contribution is -0.141. The molecule has 0 bridgehead atoms. The van der Waals surface area contributed by atoms with Crippen LogP contribution in [0.1, 0.15) is 21.7 Å². The normalized spacial score (nSPS) is 16.1. The summed E-state index contributed by atoms with van der Waals surface area (Å²) >= 11 is 0. The molecule has 1 amide bonds. The highest BCUT2D eigenvalue weighted by molar-refractivity contribution is 5.92. The van der Waals surface area contributed by atoms with Crippen LogP contribution in [0.2, 0.25) is 0 Å². The molecule has 1 aliphatic rings. The van der Waals surface area contributed by atoms with Crippen molar-refractivity contribution in [2.45, 2.75) is 12.7 Å². The maximum atomic E-state index is 12.9. The Hall–Kier alpha value is -1.67. The van der Waals surface area contributed by atoms with Gasteiger partial charge in [0, 0.05) is 32.7 Å². The highest BCUT2D eigenvalue weighted by Crippen LogP contribution is 2.28. The number of carbonyl (C=O) groups excluding carboxylic acids is 1. The van der Waals surface area contributed by atoms with Gasteiger partial charge in [0.15, 0.2) is 0 Å². The van der Waals surface area contributed by atoms with Gasteiger partial charge in [-0.05, 0) is 24.7 Å².